The molecule has 0 aliphatic heterocycles. The van der Waals surface area contributed by atoms with E-state index in [4.69, 9.17) is 17.3 Å². The van der Waals surface area contributed by atoms with Crippen LogP contribution in [0.25, 0.3) is 0 Å². The molecule has 5 unspecified atom stereocenters. The molecule has 92 valence electrons. The molecule has 5 atom stereocenters. The largest absolute Gasteiger partial charge is 0.320 e. The van der Waals surface area contributed by atoms with Crippen molar-refractivity contribution in [3.05, 3.63) is 21.3 Å². The smallest absolute Gasteiger partial charge is 0.0931 e. The average Bonchev–Trinajstić information content (AvgIpc) is 2.95. The second-order valence-electron chi connectivity index (χ2n) is 6.21. The van der Waals surface area contributed by atoms with Crippen molar-refractivity contribution in [2.24, 2.45) is 29.4 Å². The van der Waals surface area contributed by atoms with E-state index in [0.717, 1.165) is 28.0 Å². The molecule has 0 saturated heterocycles. The summed E-state index contributed by atoms with van der Waals surface area (Å²) < 4.78 is 0.885. The van der Waals surface area contributed by atoms with Crippen LogP contribution < -0.4 is 5.73 Å². The summed E-state index contributed by atoms with van der Waals surface area (Å²) in [5.41, 5.74) is 6.74. The lowest BCUT2D eigenvalue weighted by atomic mass is 9.71. The second-order valence-corrected chi connectivity index (χ2v) is 7.92. The van der Waals surface area contributed by atoms with E-state index in [0.29, 0.717) is 0 Å². The molecule has 0 radical (unpaired) electrons. The van der Waals surface area contributed by atoms with Crippen LogP contribution in [0.1, 0.15) is 37.0 Å². The topological polar surface area (TPSA) is 26.0 Å². The van der Waals surface area contributed by atoms with E-state index >= 15 is 0 Å². The van der Waals surface area contributed by atoms with E-state index in [1.165, 1.54) is 37.0 Å². The zero-order chi connectivity index (χ0) is 11.6. The summed E-state index contributed by atoms with van der Waals surface area (Å²) in [5.74, 6) is 3.56. The summed E-state index contributed by atoms with van der Waals surface area (Å²) in [6.07, 6.45) is 6.90. The van der Waals surface area contributed by atoms with Crippen molar-refractivity contribution in [2.45, 2.75) is 37.6 Å². The summed E-state index contributed by atoms with van der Waals surface area (Å²) in [4.78, 5) is 1.33. The molecule has 3 saturated carbocycles. The van der Waals surface area contributed by atoms with E-state index < -0.39 is 0 Å². The fourth-order valence-corrected chi connectivity index (χ4v) is 6.26. The maximum Gasteiger partial charge on any atom is 0.0931 e. The standard InChI is InChI=1S/C14H18ClNS/c15-13-5-4-12(17-13)14(16)7-8-6-11(14)10-3-1-2-9(8)10/h4-5,8-11H,1-3,6-7,16H2. The fraction of sp³-hybridized carbons (Fsp3) is 0.714. The van der Waals surface area contributed by atoms with Crippen LogP contribution in [0.4, 0.5) is 0 Å². The van der Waals surface area contributed by atoms with Crippen LogP contribution in [-0.2, 0) is 5.54 Å². The van der Waals surface area contributed by atoms with Crippen LogP contribution in [0.2, 0.25) is 4.34 Å². The SMILES string of the molecule is NC1(c2ccc(Cl)s2)CC2CC1C1CCCC21. The van der Waals surface area contributed by atoms with Gasteiger partial charge in [0, 0.05) is 4.88 Å². The van der Waals surface area contributed by atoms with Crippen LogP contribution in [0, 0.1) is 23.7 Å². The first-order valence-corrected chi connectivity index (χ1v) is 7.92. The van der Waals surface area contributed by atoms with Crippen molar-refractivity contribution in [3.8, 4) is 0 Å². The number of fused-ring (bicyclic) bond motifs is 5. The highest BCUT2D eigenvalue weighted by Crippen LogP contribution is 2.64. The van der Waals surface area contributed by atoms with E-state index in [-0.39, 0.29) is 5.54 Å². The Bertz CT molecular complexity index is 457. The van der Waals surface area contributed by atoms with Gasteiger partial charge in [-0.3, -0.25) is 0 Å². The van der Waals surface area contributed by atoms with Gasteiger partial charge < -0.3 is 5.73 Å². The molecule has 0 amide bonds. The minimum Gasteiger partial charge on any atom is -0.320 e. The van der Waals surface area contributed by atoms with E-state index in [1.807, 2.05) is 6.07 Å². The van der Waals surface area contributed by atoms with E-state index in [1.54, 1.807) is 11.3 Å². The van der Waals surface area contributed by atoms with Gasteiger partial charge in [-0.15, -0.1) is 11.3 Å². The molecule has 3 fully saturated rings. The van der Waals surface area contributed by atoms with Crippen molar-refractivity contribution in [2.75, 3.05) is 0 Å². The number of hydrogen-bond acceptors (Lipinski definition) is 2. The minimum atomic E-state index is -0.0476. The lowest BCUT2D eigenvalue weighted by Crippen LogP contribution is -2.45. The summed E-state index contributed by atoms with van der Waals surface area (Å²) >= 11 is 7.78. The molecule has 2 bridgehead atoms. The summed E-state index contributed by atoms with van der Waals surface area (Å²) in [5, 5.41) is 0. The Balaban J connectivity index is 1.72. The number of rotatable bonds is 1. The molecule has 2 N–H and O–H groups in total. The first-order valence-electron chi connectivity index (χ1n) is 6.73. The van der Waals surface area contributed by atoms with Crippen molar-refractivity contribution in [1.82, 2.24) is 0 Å². The van der Waals surface area contributed by atoms with Gasteiger partial charge in [-0.25, -0.2) is 0 Å². The molecule has 3 aliphatic rings. The lowest BCUT2D eigenvalue weighted by molar-refractivity contribution is 0.159. The number of nitrogens with two attached hydrogens (primary N) is 1. The Hall–Kier alpha value is -0.0500. The van der Waals surface area contributed by atoms with E-state index in [9.17, 15) is 0 Å². The second kappa shape index (κ2) is 3.49. The van der Waals surface area contributed by atoms with Crippen molar-refractivity contribution < 1.29 is 0 Å². The van der Waals surface area contributed by atoms with Gasteiger partial charge >= 0.3 is 0 Å². The van der Waals surface area contributed by atoms with Gasteiger partial charge in [0.25, 0.3) is 0 Å². The van der Waals surface area contributed by atoms with E-state index in [2.05, 4.69) is 6.07 Å². The molecular formula is C14H18ClNS. The monoisotopic (exact) mass is 267 g/mol. The molecule has 3 aliphatic carbocycles. The van der Waals surface area contributed by atoms with Gasteiger partial charge in [-0.05, 0) is 61.5 Å². The van der Waals surface area contributed by atoms with Gasteiger partial charge in [-0.1, -0.05) is 18.0 Å². The molecule has 0 spiro atoms. The highest BCUT2D eigenvalue weighted by atomic mass is 35.5. The van der Waals surface area contributed by atoms with Gasteiger partial charge in [-0.2, -0.15) is 0 Å². The maximum absolute atomic E-state index is 6.79. The predicted octanol–water partition coefficient (Wildman–Crippen LogP) is 4.01. The average molecular weight is 268 g/mol. The van der Waals surface area contributed by atoms with Gasteiger partial charge in [0.1, 0.15) is 0 Å². The lowest BCUT2D eigenvalue weighted by Gasteiger charge is -2.39. The molecule has 17 heavy (non-hydrogen) atoms. The predicted molar refractivity (Wildman–Crippen MR) is 72.2 cm³/mol. The van der Waals surface area contributed by atoms with Crippen LogP contribution in [0.3, 0.4) is 0 Å². The maximum atomic E-state index is 6.79. The van der Waals surface area contributed by atoms with Crippen LogP contribution in [0.15, 0.2) is 12.1 Å². The summed E-state index contributed by atoms with van der Waals surface area (Å²) in [6.45, 7) is 0. The fourth-order valence-electron chi connectivity index (χ4n) is 5.04. The van der Waals surface area contributed by atoms with Crippen molar-refractivity contribution in [3.63, 3.8) is 0 Å². The minimum absolute atomic E-state index is 0.0476. The zero-order valence-electron chi connectivity index (χ0n) is 9.86. The third-order valence-corrected chi connectivity index (χ3v) is 7.02. The van der Waals surface area contributed by atoms with Crippen LogP contribution in [0.5, 0.6) is 0 Å². The highest BCUT2D eigenvalue weighted by Gasteiger charge is 2.60. The molecule has 1 aromatic heterocycles. The Morgan fingerprint density at radius 3 is 2.88 bits per heavy atom. The normalized spacial score (nSPS) is 47.6. The highest BCUT2D eigenvalue weighted by molar-refractivity contribution is 7.16. The summed E-state index contributed by atoms with van der Waals surface area (Å²) in [7, 11) is 0. The Morgan fingerprint density at radius 1 is 1.29 bits per heavy atom. The Kier molecular flexibility index (Phi) is 2.23. The molecule has 4 rings (SSSR count). The molecule has 3 heteroatoms. The first-order chi connectivity index (χ1) is 8.18. The van der Waals surface area contributed by atoms with Crippen molar-refractivity contribution >= 4 is 22.9 Å². The number of thiophene rings is 1. The Morgan fingerprint density at radius 2 is 2.12 bits per heavy atom. The zero-order valence-corrected chi connectivity index (χ0v) is 11.4. The van der Waals surface area contributed by atoms with Crippen LogP contribution in [-0.4, -0.2) is 0 Å². The molecule has 1 aromatic rings. The molecule has 1 nitrogen and oxygen atoms in total. The number of halogens is 1. The Labute approximate surface area is 111 Å². The molecule has 0 aromatic carbocycles. The summed E-state index contributed by atoms with van der Waals surface area (Å²) in [6, 6.07) is 4.17. The quantitative estimate of drug-likeness (QED) is 0.817. The number of hydrogen-bond donors (Lipinski definition) is 1. The van der Waals surface area contributed by atoms with Gasteiger partial charge in [0.2, 0.25) is 0 Å². The third kappa shape index (κ3) is 1.35. The van der Waals surface area contributed by atoms with Crippen LogP contribution >= 0.6 is 22.9 Å². The first kappa shape index (κ1) is 10.8. The van der Waals surface area contributed by atoms with Gasteiger partial charge in [0.05, 0.1) is 9.88 Å². The van der Waals surface area contributed by atoms with Crippen molar-refractivity contribution in [1.29, 1.82) is 0 Å². The third-order valence-electron chi connectivity index (χ3n) is 5.60. The molecule has 1 heterocycles. The van der Waals surface area contributed by atoms with Gasteiger partial charge in [0.15, 0.2) is 0 Å². The molecular weight excluding hydrogens is 250 g/mol.